The van der Waals surface area contributed by atoms with Gasteiger partial charge in [-0.2, -0.15) is 4.31 Å². The van der Waals surface area contributed by atoms with Gasteiger partial charge in [-0.3, -0.25) is 0 Å². The standard InChI is InChI=1S/C14H20N2O2S/c1-11-2-4-13(5-3-11)19(17,18)16-9-7-12-6-8-15-14(12)10-16/h2-5,12,14-15H,6-10H2,1H3/t12-,14+/m0/s1. The number of sulfonamides is 1. The molecule has 0 spiro atoms. The summed E-state index contributed by atoms with van der Waals surface area (Å²) in [7, 11) is -3.32. The lowest BCUT2D eigenvalue weighted by Crippen LogP contribution is -2.48. The first-order chi connectivity index (χ1) is 9.07. The second-order valence-electron chi connectivity index (χ2n) is 5.57. The summed E-state index contributed by atoms with van der Waals surface area (Å²) < 4.78 is 26.8. The number of rotatable bonds is 2. The van der Waals surface area contributed by atoms with Crippen molar-refractivity contribution in [2.24, 2.45) is 5.92 Å². The third-order valence-corrected chi connectivity index (χ3v) is 6.18. The minimum Gasteiger partial charge on any atom is -0.312 e. The zero-order chi connectivity index (χ0) is 13.5. The summed E-state index contributed by atoms with van der Waals surface area (Å²) in [6.45, 7) is 4.25. The maximum absolute atomic E-state index is 12.6. The second-order valence-corrected chi connectivity index (χ2v) is 7.51. The van der Waals surface area contributed by atoms with Gasteiger partial charge in [0.1, 0.15) is 0 Å². The molecule has 1 aromatic rings. The Bertz CT molecular complexity index is 553. The van der Waals surface area contributed by atoms with Gasteiger partial charge in [0.25, 0.3) is 0 Å². The number of hydrogen-bond donors (Lipinski definition) is 1. The van der Waals surface area contributed by atoms with Crippen molar-refractivity contribution in [2.45, 2.75) is 30.7 Å². The number of fused-ring (bicyclic) bond motifs is 1. The topological polar surface area (TPSA) is 49.4 Å². The Hall–Kier alpha value is -0.910. The second kappa shape index (κ2) is 4.89. The molecule has 0 saturated carbocycles. The summed E-state index contributed by atoms with van der Waals surface area (Å²) in [4.78, 5) is 0.412. The number of nitrogens with one attached hydrogen (secondary N) is 1. The minimum absolute atomic E-state index is 0.342. The van der Waals surface area contributed by atoms with Gasteiger partial charge in [0, 0.05) is 19.1 Å². The van der Waals surface area contributed by atoms with Gasteiger partial charge in [-0.25, -0.2) is 8.42 Å². The Morgan fingerprint density at radius 2 is 1.95 bits per heavy atom. The molecule has 3 rings (SSSR count). The Morgan fingerprint density at radius 1 is 1.21 bits per heavy atom. The lowest BCUT2D eigenvalue weighted by Gasteiger charge is -2.34. The molecule has 2 heterocycles. The van der Waals surface area contributed by atoms with Crippen molar-refractivity contribution in [2.75, 3.05) is 19.6 Å². The maximum atomic E-state index is 12.6. The highest BCUT2D eigenvalue weighted by Gasteiger charge is 2.37. The van der Waals surface area contributed by atoms with Crippen molar-refractivity contribution in [1.82, 2.24) is 9.62 Å². The number of hydrogen-bond acceptors (Lipinski definition) is 3. The summed E-state index contributed by atoms with van der Waals surface area (Å²) in [5.41, 5.74) is 1.08. The predicted octanol–water partition coefficient (Wildman–Crippen LogP) is 1.37. The van der Waals surface area contributed by atoms with Gasteiger partial charge in [0.2, 0.25) is 10.0 Å². The van der Waals surface area contributed by atoms with Crippen LogP contribution in [-0.2, 0) is 10.0 Å². The van der Waals surface area contributed by atoms with E-state index in [1.807, 2.05) is 19.1 Å². The van der Waals surface area contributed by atoms with Crippen LogP contribution in [0.25, 0.3) is 0 Å². The first-order valence-corrected chi connectivity index (χ1v) is 8.31. The van der Waals surface area contributed by atoms with Crippen LogP contribution in [0.15, 0.2) is 29.2 Å². The Labute approximate surface area is 114 Å². The van der Waals surface area contributed by atoms with E-state index in [0.29, 0.717) is 29.9 Å². The molecule has 0 aromatic heterocycles. The average Bonchev–Trinajstić information content (AvgIpc) is 2.86. The van der Waals surface area contributed by atoms with E-state index in [-0.39, 0.29) is 0 Å². The predicted molar refractivity (Wildman–Crippen MR) is 74.5 cm³/mol. The quantitative estimate of drug-likeness (QED) is 0.890. The molecule has 4 nitrogen and oxygen atoms in total. The lowest BCUT2D eigenvalue weighted by molar-refractivity contribution is 0.249. The van der Waals surface area contributed by atoms with Crippen LogP contribution >= 0.6 is 0 Å². The van der Waals surface area contributed by atoms with Crippen LogP contribution in [0.3, 0.4) is 0 Å². The molecule has 0 amide bonds. The molecule has 1 aromatic carbocycles. The molecular weight excluding hydrogens is 260 g/mol. The van der Waals surface area contributed by atoms with Gasteiger partial charge < -0.3 is 5.32 Å². The van der Waals surface area contributed by atoms with Crippen molar-refractivity contribution in [3.05, 3.63) is 29.8 Å². The van der Waals surface area contributed by atoms with E-state index in [1.54, 1.807) is 16.4 Å². The van der Waals surface area contributed by atoms with E-state index in [2.05, 4.69) is 5.32 Å². The first kappa shape index (κ1) is 13.1. The third kappa shape index (κ3) is 2.42. The number of aryl methyl sites for hydroxylation is 1. The van der Waals surface area contributed by atoms with Crippen LogP contribution in [0.1, 0.15) is 18.4 Å². The number of piperidine rings is 1. The average molecular weight is 280 g/mol. The van der Waals surface area contributed by atoms with Crippen LogP contribution in [-0.4, -0.2) is 38.4 Å². The molecule has 104 valence electrons. The molecule has 0 bridgehead atoms. The molecule has 2 atom stereocenters. The third-order valence-electron chi connectivity index (χ3n) is 4.30. The highest BCUT2D eigenvalue weighted by molar-refractivity contribution is 7.89. The fourth-order valence-corrected chi connectivity index (χ4v) is 4.56. The largest absolute Gasteiger partial charge is 0.312 e. The summed E-state index contributed by atoms with van der Waals surface area (Å²) in [6.07, 6.45) is 2.16. The summed E-state index contributed by atoms with van der Waals surface area (Å²) >= 11 is 0. The van der Waals surface area contributed by atoms with E-state index >= 15 is 0 Å². The summed E-state index contributed by atoms with van der Waals surface area (Å²) in [5, 5.41) is 3.42. The van der Waals surface area contributed by atoms with Crippen molar-refractivity contribution < 1.29 is 8.42 Å². The molecule has 0 unspecified atom stereocenters. The Balaban J connectivity index is 1.82. The van der Waals surface area contributed by atoms with Crippen LogP contribution in [0.5, 0.6) is 0 Å². The smallest absolute Gasteiger partial charge is 0.243 e. The molecule has 0 aliphatic carbocycles. The molecule has 19 heavy (non-hydrogen) atoms. The molecule has 2 fully saturated rings. The zero-order valence-corrected chi connectivity index (χ0v) is 12.0. The highest BCUT2D eigenvalue weighted by atomic mass is 32.2. The van der Waals surface area contributed by atoms with Gasteiger partial charge in [0.05, 0.1) is 4.90 Å². The van der Waals surface area contributed by atoms with E-state index in [0.717, 1.165) is 18.5 Å². The van der Waals surface area contributed by atoms with E-state index in [4.69, 9.17) is 0 Å². The van der Waals surface area contributed by atoms with Gasteiger partial charge in [-0.05, 0) is 44.4 Å². The van der Waals surface area contributed by atoms with Gasteiger partial charge in [0.15, 0.2) is 0 Å². The number of nitrogens with zero attached hydrogens (tertiary/aromatic N) is 1. The molecule has 2 aliphatic heterocycles. The van der Waals surface area contributed by atoms with E-state index in [1.165, 1.54) is 6.42 Å². The fraction of sp³-hybridized carbons (Fsp3) is 0.571. The van der Waals surface area contributed by atoms with E-state index < -0.39 is 10.0 Å². The first-order valence-electron chi connectivity index (χ1n) is 6.87. The number of benzene rings is 1. The monoisotopic (exact) mass is 280 g/mol. The van der Waals surface area contributed by atoms with Crippen LogP contribution in [0.4, 0.5) is 0 Å². The van der Waals surface area contributed by atoms with Crippen LogP contribution < -0.4 is 5.32 Å². The van der Waals surface area contributed by atoms with Crippen LogP contribution in [0.2, 0.25) is 0 Å². The molecular formula is C14H20N2O2S. The molecule has 0 radical (unpaired) electrons. The minimum atomic E-state index is -3.32. The summed E-state index contributed by atoms with van der Waals surface area (Å²) in [6, 6.07) is 7.47. The lowest BCUT2D eigenvalue weighted by atomic mass is 9.94. The highest BCUT2D eigenvalue weighted by Crippen LogP contribution is 2.28. The zero-order valence-electron chi connectivity index (χ0n) is 11.2. The maximum Gasteiger partial charge on any atom is 0.243 e. The molecule has 1 N–H and O–H groups in total. The molecule has 2 aliphatic rings. The summed E-state index contributed by atoms with van der Waals surface area (Å²) in [5.74, 6) is 0.657. The Morgan fingerprint density at radius 3 is 2.68 bits per heavy atom. The van der Waals surface area contributed by atoms with Gasteiger partial charge >= 0.3 is 0 Å². The van der Waals surface area contributed by atoms with Gasteiger partial charge in [-0.1, -0.05) is 17.7 Å². The van der Waals surface area contributed by atoms with Crippen molar-refractivity contribution in [3.8, 4) is 0 Å². The SMILES string of the molecule is Cc1ccc(S(=O)(=O)N2CC[C@@H]3CCN[C@@H]3C2)cc1. The normalized spacial score (nSPS) is 28.3. The van der Waals surface area contributed by atoms with Crippen molar-refractivity contribution in [1.29, 1.82) is 0 Å². The fourth-order valence-electron chi connectivity index (χ4n) is 3.08. The molecule has 5 heteroatoms. The van der Waals surface area contributed by atoms with Crippen molar-refractivity contribution in [3.63, 3.8) is 0 Å². The van der Waals surface area contributed by atoms with E-state index in [9.17, 15) is 8.42 Å². The van der Waals surface area contributed by atoms with Gasteiger partial charge in [-0.15, -0.1) is 0 Å². The van der Waals surface area contributed by atoms with Crippen molar-refractivity contribution >= 4 is 10.0 Å². The molecule has 2 saturated heterocycles. The Kier molecular flexibility index (Phi) is 3.37. The van der Waals surface area contributed by atoms with Crippen LogP contribution in [0, 0.1) is 12.8 Å².